The van der Waals surface area contributed by atoms with E-state index in [2.05, 4.69) is 5.10 Å². The van der Waals surface area contributed by atoms with Crippen molar-refractivity contribution in [3.8, 4) is 0 Å². The number of rotatable bonds is 4. The number of fused-ring (bicyclic) bond motifs is 5. The smallest absolute Gasteiger partial charge is 0.275 e. The third-order valence-corrected chi connectivity index (χ3v) is 5.78. The zero-order chi connectivity index (χ0) is 19.8. The molecule has 28 heavy (non-hydrogen) atoms. The molecule has 3 aliphatic rings. The third-order valence-electron chi connectivity index (χ3n) is 5.78. The lowest BCUT2D eigenvalue weighted by Crippen LogP contribution is -2.49. The molecular weight excluding hydrogens is 360 g/mol. The van der Waals surface area contributed by atoms with Gasteiger partial charge in [0, 0.05) is 45.2 Å². The number of carbonyl (C=O) groups is 2. The van der Waals surface area contributed by atoms with Crippen molar-refractivity contribution in [2.24, 2.45) is 13.0 Å². The van der Waals surface area contributed by atoms with Gasteiger partial charge in [-0.25, -0.2) is 4.68 Å². The first-order valence-electron chi connectivity index (χ1n) is 9.56. The van der Waals surface area contributed by atoms with E-state index in [0.717, 1.165) is 12.8 Å². The number of benzene rings is 1. The highest BCUT2D eigenvalue weighted by Gasteiger charge is 2.42. The van der Waals surface area contributed by atoms with Crippen LogP contribution in [-0.4, -0.2) is 70.8 Å². The van der Waals surface area contributed by atoms with Crippen molar-refractivity contribution >= 4 is 22.6 Å². The van der Waals surface area contributed by atoms with Crippen molar-refractivity contribution in [2.45, 2.75) is 18.9 Å². The summed E-state index contributed by atoms with van der Waals surface area (Å²) >= 11 is 0. The molecule has 2 atom stereocenters. The molecule has 0 radical (unpaired) electrons. The first-order valence-corrected chi connectivity index (χ1v) is 9.56. The number of piperidine rings is 1. The van der Waals surface area contributed by atoms with E-state index >= 15 is 0 Å². The van der Waals surface area contributed by atoms with Crippen LogP contribution in [0.1, 0.15) is 23.3 Å². The van der Waals surface area contributed by atoms with Gasteiger partial charge >= 0.3 is 0 Å². The van der Waals surface area contributed by atoms with E-state index in [9.17, 15) is 14.4 Å². The summed E-state index contributed by atoms with van der Waals surface area (Å²) in [7, 11) is 3.17. The van der Waals surface area contributed by atoms with E-state index in [4.69, 9.17) is 4.74 Å². The molecule has 0 N–H and O–H groups in total. The van der Waals surface area contributed by atoms with E-state index in [1.54, 1.807) is 43.3 Å². The average molecular weight is 384 g/mol. The Kier molecular flexibility index (Phi) is 4.89. The molecule has 3 aliphatic heterocycles. The number of carbonyl (C=O) groups excluding carboxylic acids is 2. The lowest BCUT2D eigenvalue weighted by Gasteiger charge is -2.35. The second kappa shape index (κ2) is 7.35. The first-order chi connectivity index (χ1) is 13.5. The molecule has 2 aromatic rings. The van der Waals surface area contributed by atoms with Crippen molar-refractivity contribution < 1.29 is 14.3 Å². The van der Waals surface area contributed by atoms with Crippen LogP contribution in [0.25, 0.3) is 10.8 Å². The van der Waals surface area contributed by atoms with Crippen LogP contribution in [0.5, 0.6) is 0 Å². The minimum Gasteiger partial charge on any atom is -0.383 e. The number of aromatic nitrogens is 2. The second-order valence-electron chi connectivity index (χ2n) is 7.49. The van der Waals surface area contributed by atoms with Gasteiger partial charge in [0.25, 0.3) is 11.5 Å². The molecule has 3 saturated heterocycles. The fraction of sp³-hybridized carbons (Fsp3) is 0.500. The van der Waals surface area contributed by atoms with Gasteiger partial charge in [-0.05, 0) is 18.9 Å². The maximum absolute atomic E-state index is 13.4. The van der Waals surface area contributed by atoms with Crippen LogP contribution in [-0.2, 0) is 16.6 Å². The second-order valence-corrected chi connectivity index (χ2v) is 7.49. The quantitative estimate of drug-likeness (QED) is 0.773. The fourth-order valence-electron chi connectivity index (χ4n) is 4.30. The van der Waals surface area contributed by atoms with Gasteiger partial charge in [-0.3, -0.25) is 14.4 Å². The van der Waals surface area contributed by atoms with Gasteiger partial charge in [0.1, 0.15) is 0 Å². The Labute approximate surface area is 162 Å². The maximum Gasteiger partial charge on any atom is 0.275 e. The monoisotopic (exact) mass is 384 g/mol. The summed E-state index contributed by atoms with van der Waals surface area (Å²) in [5.74, 6) is -0.328. The third kappa shape index (κ3) is 3.07. The van der Waals surface area contributed by atoms with Gasteiger partial charge in [0.15, 0.2) is 5.69 Å². The molecule has 2 amide bonds. The molecule has 1 aromatic heterocycles. The molecule has 8 nitrogen and oxygen atoms in total. The summed E-state index contributed by atoms with van der Waals surface area (Å²) in [5.41, 5.74) is 0.0268. The normalized spacial score (nSPS) is 22.0. The van der Waals surface area contributed by atoms with Crippen molar-refractivity contribution in [2.75, 3.05) is 33.4 Å². The van der Waals surface area contributed by atoms with Crippen LogP contribution in [0, 0.1) is 5.92 Å². The highest BCUT2D eigenvalue weighted by Crippen LogP contribution is 2.30. The molecule has 5 rings (SSSR count). The minimum absolute atomic E-state index is 0.0101. The lowest BCUT2D eigenvalue weighted by molar-refractivity contribution is -0.140. The number of aryl methyl sites for hydroxylation is 1. The molecule has 2 bridgehead atoms. The summed E-state index contributed by atoms with van der Waals surface area (Å²) in [6, 6.07) is 7.01. The van der Waals surface area contributed by atoms with Crippen molar-refractivity contribution in [1.29, 1.82) is 0 Å². The van der Waals surface area contributed by atoms with Gasteiger partial charge in [0.05, 0.1) is 17.9 Å². The molecule has 4 heterocycles. The van der Waals surface area contributed by atoms with Gasteiger partial charge in [0.2, 0.25) is 5.91 Å². The number of amides is 2. The summed E-state index contributed by atoms with van der Waals surface area (Å²) < 4.78 is 6.35. The molecule has 1 aromatic carbocycles. The van der Waals surface area contributed by atoms with Gasteiger partial charge < -0.3 is 14.5 Å². The molecule has 0 unspecified atom stereocenters. The highest BCUT2D eigenvalue weighted by atomic mass is 16.5. The standard InChI is InChI=1S/C20H24N4O4/c1-22-19(26)16-6-4-3-5-15(16)17(21-22)20(27)23-11-13-7-8-14(12-23)24(18(13)25)9-10-28-2/h3-6,13-14H,7-12H2,1-2H3/t13-,14+/m1/s1. The van der Waals surface area contributed by atoms with Crippen molar-refractivity contribution in [3.63, 3.8) is 0 Å². The molecule has 8 heteroatoms. The number of hydrogen-bond acceptors (Lipinski definition) is 5. The van der Waals surface area contributed by atoms with Crippen molar-refractivity contribution in [1.82, 2.24) is 19.6 Å². The number of methoxy groups -OCH3 is 1. The summed E-state index contributed by atoms with van der Waals surface area (Å²) in [6.07, 6.45) is 1.67. The largest absolute Gasteiger partial charge is 0.383 e. The summed E-state index contributed by atoms with van der Waals surface area (Å²) in [6.45, 7) is 1.88. The summed E-state index contributed by atoms with van der Waals surface area (Å²) in [4.78, 5) is 42.1. The lowest BCUT2D eigenvalue weighted by atomic mass is 9.94. The zero-order valence-corrected chi connectivity index (χ0v) is 16.1. The Morgan fingerprint density at radius 3 is 2.68 bits per heavy atom. The Morgan fingerprint density at radius 2 is 1.93 bits per heavy atom. The van der Waals surface area contributed by atoms with E-state index in [1.807, 2.05) is 4.90 Å². The van der Waals surface area contributed by atoms with Crippen LogP contribution in [0.4, 0.5) is 0 Å². The first kappa shape index (κ1) is 18.6. The average Bonchev–Trinajstić information content (AvgIpc) is 3.00. The van der Waals surface area contributed by atoms with Crippen LogP contribution in [0.3, 0.4) is 0 Å². The molecule has 148 valence electrons. The topological polar surface area (TPSA) is 84.7 Å². The van der Waals surface area contributed by atoms with Crippen LogP contribution < -0.4 is 5.56 Å². The van der Waals surface area contributed by atoms with Gasteiger partial charge in [-0.15, -0.1) is 0 Å². The minimum atomic E-state index is -0.232. The molecule has 0 aliphatic carbocycles. The summed E-state index contributed by atoms with van der Waals surface area (Å²) in [5, 5.41) is 5.28. The molecular formula is C20H24N4O4. The van der Waals surface area contributed by atoms with Crippen molar-refractivity contribution in [3.05, 3.63) is 40.3 Å². The van der Waals surface area contributed by atoms with E-state index in [0.29, 0.717) is 37.0 Å². The van der Waals surface area contributed by atoms with Gasteiger partial charge in [-0.2, -0.15) is 5.10 Å². The van der Waals surface area contributed by atoms with E-state index in [-0.39, 0.29) is 35.0 Å². The van der Waals surface area contributed by atoms with Crippen LogP contribution in [0.15, 0.2) is 29.1 Å². The number of hydrogen-bond donors (Lipinski definition) is 0. The Hall–Kier alpha value is -2.74. The van der Waals surface area contributed by atoms with E-state index < -0.39 is 0 Å². The van der Waals surface area contributed by atoms with Crippen LogP contribution in [0.2, 0.25) is 0 Å². The van der Waals surface area contributed by atoms with Gasteiger partial charge in [-0.1, -0.05) is 18.2 Å². The Balaban J connectivity index is 1.68. The predicted molar refractivity (Wildman–Crippen MR) is 103 cm³/mol. The Morgan fingerprint density at radius 1 is 1.18 bits per heavy atom. The number of ether oxygens (including phenoxy) is 1. The maximum atomic E-state index is 13.4. The molecule has 3 fully saturated rings. The SMILES string of the molecule is COCCN1C(=O)[C@@H]2CC[C@H]1CN(C(=O)c1nn(C)c(=O)c3ccccc13)C2. The predicted octanol–water partition coefficient (Wildman–Crippen LogP) is 0.643. The Bertz CT molecular complexity index is 986. The molecule has 0 saturated carbocycles. The highest BCUT2D eigenvalue weighted by molar-refractivity contribution is 6.05. The van der Waals surface area contributed by atoms with Crippen LogP contribution >= 0.6 is 0 Å². The van der Waals surface area contributed by atoms with E-state index in [1.165, 1.54) is 4.68 Å². The number of nitrogens with zero attached hydrogens (tertiary/aromatic N) is 4. The zero-order valence-electron chi connectivity index (χ0n) is 16.1. The molecule has 0 spiro atoms. The fourth-order valence-corrected chi connectivity index (χ4v) is 4.30.